The average molecular weight is 348 g/mol. The first kappa shape index (κ1) is 17.5. The lowest BCUT2D eigenvalue weighted by atomic mass is 10.0. The number of fused-ring (bicyclic) bond motifs is 1. The summed E-state index contributed by atoms with van der Waals surface area (Å²) in [5.41, 5.74) is 1.41. The van der Waals surface area contributed by atoms with Crippen LogP contribution in [0.3, 0.4) is 0 Å². The monoisotopic (exact) mass is 348 g/mol. The zero-order valence-electron chi connectivity index (χ0n) is 15.0. The quantitative estimate of drug-likeness (QED) is 0.476. The topological polar surface area (TPSA) is 44.8 Å². The smallest absolute Gasteiger partial charge is 0.185 e. The summed E-state index contributed by atoms with van der Waals surface area (Å²) in [4.78, 5) is 12.6. The maximum absolute atomic E-state index is 12.6. The third kappa shape index (κ3) is 3.54. The lowest BCUT2D eigenvalue weighted by Gasteiger charge is -2.09. The Balaban J connectivity index is 1.88. The Bertz CT molecular complexity index is 973. The second-order valence-electron chi connectivity index (χ2n) is 5.71. The van der Waals surface area contributed by atoms with Gasteiger partial charge in [-0.3, -0.25) is 4.79 Å². The van der Waals surface area contributed by atoms with E-state index in [0.717, 1.165) is 22.1 Å². The molecule has 3 aromatic rings. The number of benzene rings is 3. The minimum absolute atomic E-state index is 0.0763. The predicted octanol–water partition coefficient (Wildman–Crippen LogP) is 4.76. The highest BCUT2D eigenvalue weighted by Crippen LogP contribution is 2.31. The third-order valence-corrected chi connectivity index (χ3v) is 4.18. The summed E-state index contributed by atoms with van der Waals surface area (Å²) in [6.45, 7) is 0. The number of methoxy groups -OCH3 is 3. The van der Waals surface area contributed by atoms with E-state index in [-0.39, 0.29) is 5.78 Å². The Morgan fingerprint density at radius 1 is 0.846 bits per heavy atom. The first-order valence-electron chi connectivity index (χ1n) is 8.17. The maximum Gasteiger partial charge on any atom is 0.185 e. The molecule has 132 valence electrons. The number of allylic oxidation sites excluding steroid dienone is 1. The zero-order valence-corrected chi connectivity index (χ0v) is 15.0. The van der Waals surface area contributed by atoms with E-state index in [9.17, 15) is 4.79 Å². The second-order valence-corrected chi connectivity index (χ2v) is 5.71. The summed E-state index contributed by atoms with van der Waals surface area (Å²) in [5, 5.41) is 2.02. The Labute approximate surface area is 152 Å². The van der Waals surface area contributed by atoms with Crippen LogP contribution in [0.15, 0.2) is 60.7 Å². The van der Waals surface area contributed by atoms with Crippen LogP contribution in [0.2, 0.25) is 0 Å². The van der Waals surface area contributed by atoms with Crippen molar-refractivity contribution in [2.75, 3.05) is 21.3 Å². The van der Waals surface area contributed by atoms with Crippen molar-refractivity contribution in [2.24, 2.45) is 0 Å². The molecule has 26 heavy (non-hydrogen) atoms. The molecule has 0 radical (unpaired) electrons. The molecule has 0 heterocycles. The molecule has 4 heteroatoms. The van der Waals surface area contributed by atoms with E-state index >= 15 is 0 Å². The van der Waals surface area contributed by atoms with Crippen LogP contribution in [0.4, 0.5) is 0 Å². The number of carbonyl (C=O) groups excluding carboxylic acids is 1. The number of ketones is 1. The van der Waals surface area contributed by atoms with Gasteiger partial charge in [-0.1, -0.05) is 30.3 Å². The van der Waals surface area contributed by atoms with Crippen molar-refractivity contribution in [1.82, 2.24) is 0 Å². The number of hydrogen-bond donors (Lipinski definition) is 0. The molecule has 0 unspecified atom stereocenters. The highest BCUT2D eigenvalue weighted by atomic mass is 16.5. The highest BCUT2D eigenvalue weighted by Gasteiger charge is 2.08. The molecule has 0 saturated carbocycles. The van der Waals surface area contributed by atoms with E-state index in [4.69, 9.17) is 14.2 Å². The van der Waals surface area contributed by atoms with Gasteiger partial charge in [0.2, 0.25) is 0 Å². The summed E-state index contributed by atoms with van der Waals surface area (Å²) < 4.78 is 15.9. The first-order valence-corrected chi connectivity index (χ1v) is 8.17. The van der Waals surface area contributed by atoms with Crippen LogP contribution in [-0.4, -0.2) is 27.1 Å². The number of carbonyl (C=O) groups is 1. The van der Waals surface area contributed by atoms with E-state index in [1.807, 2.05) is 54.6 Å². The van der Waals surface area contributed by atoms with Crippen molar-refractivity contribution in [3.05, 3.63) is 71.8 Å². The van der Waals surface area contributed by atoms with E-state index in [0.29, 0.717) is 17.1 Å². The summed E-state index contributed by atoms with van der Waals surface area (Å²) in [6.07, 6.45) is 3.28. The third-order valence-electron chi connectivity index (χ3n) is 4.18. The van der Waals surface area contributed by atoms with Crippen molar-refractivity contribution in [3.63, 3.8) is 0 Å². The minimum atomic E-state index is -0.0763. The molecule has 0 spiro atoms. The van der Waals surface area contributed by atoms with Gasteiger partial charge in [0.25, 0.3) is 0 Å². The lowest BCUT2D eigenvalue weighted by Crippen LogP contribution is -1.95. The summed E-state index contributed by atoms with van der Waals surface area (Å²) in [6, 6.07) is 16.9. The molecule has 4 nitrogen and oxygen atoms in total. The Hall–Kier alpha value is -3.27. The molecule has 0 atom stereocenters. The molecule has 0 N–H and O–H groups in total. The molecule has 3 rings (SSSR count). The fourth-order valence-electron chi connectivity index (χ4n) is 2.81. The van der Waals surface area contributed by atoms with Gasteiger partial charge < -0.3 is 14.2 Å². The Morgan fingerprint density at radius 2 is 1.62 bits per heavy atom. The van der Waals surface area contributed by atoms with Gasteiger partial charge in [-0.2, -0.15) is 0 Å². The summed E-state index contributed by atoms with van der Waals surface area (Å²) in [7, 11) is 4.80. The second kappa shape index (κ2) is 7.74. The van der Waals surface area contributed by atoms with Crippen LogP contribution in [0.1, 0.15) is 15.9 Å². The average Bonchev–Trinajstić information content (AvgIpc) is 2.70. The maximum atomic E-state index is 12.6. The summed E-state index contributed by atoms with van der Waals surface area (Å²) >= 11 is 0. The molecule has 0 aliphatic carbocycles. The van der Waals surface area contributed by atoms with Crippen LogP contribution in [0.5, 0.6) is 17.2 Å². The van der Waals surface area contributed by atoms with E-state index in [1.54, 1.807) is 33.5 Å². The van der Waals surface area contributed by atoms with Gasteiger partial charge in [-0.25, -0.2) is 0 Å². The van der Waals surface area contributed by atoms with Gasteiger partial charge in [-0.05, 0) is 47.2 Å². The van der Waals surface area contributed by atoms with Gasteiger partial charge >= 0.3 is 0 Å². The molecule has 3 aromatic carbocycles. The van der Waals surface area contributed by atoms with Crippen molar-refractivity contribution in [1.29, 1.82) is 0 Å². The predicted molar refractivity (Wildman–Crippen MR) is 103 cm³/mol. The van der Waals surface area contributed by atoms with Crippen LogP contribution >= 0.6 is 0 Å². The Kier molecular flexibility index (Phi) is 5.23. The highest BCUT2D eigenvalue weighted by molar-refractivity contribution is 6.08. The van der Waals surface area contributed by atoms with E-state index < -0.39 is 0 Å². The number of ether oxygens (including phenoxy) is 3. The van der Waals surface area contributed by atoms with Crippen LogP contribution < -0.4 is 14.2 Å². The van der Waals surface area contributed by atoms with Crippen molar-refractivity contribution >= 4 is 22.6 Å². The molecule has 0 fully saturated rings. The molecular weight excluding hydrogens is 328 g/mol. The molecule has 0 aliphatic heterocycles. The molecule has 0 saturated heterocycles. The molecule has 0 amide bonds. The number of para-hydroxylation sites is 1. The van der Waals surface area contributed by atoms with Gasteiger partial charge in [0.1, 0.15) is 5.75 Å². The SMILES string of the molecule is COc1ccc2cc(C(=O)/C=C/c3cccc(OC)c3OC)ccc2c1. The molecule has 0 aliphatic rings. The van der Waals surface area contributed by atoms with E-state index in [1.165, 1.54) is 0 Å². The van der Waals surface area contributed by atoms with Crippen LogP contribution in [-0.2, 0) is 0 Å². The number of hydrogen-bond acceptors (Lipinski definition) is 4. The van der Waals surface area contributed by atoms with Crippen LogP contribution in [0, 0.1) is 0 Å². The fraction of sp³-hybridized carbons (Fsp3) is 0.136. The van der Waals surface area contributed by atoms with Gasteiger partial charge in [-0.15, -0.1) is 0 Å². The van der Waals surface area contributed by atoms with Gasteiger partial charge in [0.15, 0.2) is 17.3 Å². The minimum Gasteiger partial charge on any atom is -0.497 e. The molecular formula is C22H20O4. The molecule has 0 bridgehead atoms. The number of rotatable bonds is 6. The van der Waals surface area contributed by atoms with Crippen molar-refractivity contribution in [3.8, 4) is 17.2 Å². The Morgan fingerprint density at radius 3 is 2.35 bits per heavy atom. The standard InChI is InChI=1S/C22H20O4/c1-24-19-11-9-16-13-18(8-7-17(16)14-19)20(23)12-10-15-5-4-6-21(25-2)22(15)26-3/h4-14H,1-3H3/b12-10+. The summed E-state index contributed by atoms with van der Waals surface area (Å²) in [5.74, 6) is 1.94. The van der Waals surface area contributed by atoms with Crippen LogP contribution in [0.25, 0.3) is 16.8 Å². The normalized spacial score (nSPS) is 10.9. The van der Waals surface area contributed by atoms with Crippen molar-refractivity contribution in [2.45, 2.75) is 0 Å². The molecule has 0 aromatic heterocycles. The fourth-order valence-corrected chi connectivity index (χ4v) is 2.81. The largest absolute Gasteiger partial charge is 0.497 e. The lowest BCUT2D eigenvalue weighted by molar-refractivity contribution is 0.104. The van der Waals surface area contributed by atoms with E-state index in [2.05, 4.69) is 0 Å². The van der Waals surface area contributed by atoms with Crippen molar-refractivity contribution < 1.29 is 19.0 Å². The van der Waals surface area contributed by atoms with Gasteiger partial charge in [0, 0.05) is 11.1 Å². The zero-order chi connectivity index (χ0) is 18.5. The van der Waals surface area contributed by atoms with Gasteiger partial charge in [0.05, 0.1) is 21.3 Å². The first-order chi connectivity index (χ1) is 12.7.